The molecule has 6 fully saturated rings. The Morgan fingerprint density at radius 2 is 1.44 bits per heavy atom. The maximum atomic E-state index is 7.41. The molecule has 6 aliphatic rings. The summed E-state index contributed by atoms with van der Waals surface area (Å²) in [5.74, 6) is 1.75. The third-order valence-corrected chi connectivity index (χ3v) is 18.2. The van der Waals surface area contributed by atoms with E-state index >= 15 is 0 Å². The third kappa shape index (κ3) is 5.11. The van der Waals surface area contributed by atoms with Crippen LogP contribution in [0, 0.1) is 11.8 Å². The quantitative estimate of drug-likeness (QED) is 0.269. The van der Waals surface area contributed by atoms with Crippen LogP contribution in [0.1, 0.15) is 77.0 Å². The van der Waals surface area contributed by atoms with E-state index in [9.17, 15) is 0 Å². The van der Waals surface area contributed by atoms with Crippen molar-refractivity contribution in [1.29, 1.82) is 0 Å². The van der Waals surface area contributed by atoms with Gasteiger partial charge in [0.15, 0.2) is 16.6 Å². The highest BCUT2D eigenvalue weighted by atomic mass is 28.4. The first-order valence-corrected chi connectivity index (χ1v) is 19.9. The largest absolute Gasteiger partial charge is 0.455 e. The van der Waals surface area contributed by atoms with Crippen molar-refractivity contribution in [2.75, 3.05) is 0 Å². The zero-order valence-electron chi connectivity index (χ0n) is 20.8. The second kappa shape index (κ2) is 8.44. The number of epoxide rings is 3. The minimum atomic E-state index is -1.82. The topological polar surface area (TPSA) is 46.8 Å². The van der Waals surface area contributed by atoms with Gasteiger partial charge >= 0.3 is 0 Å². The van der Waals surface area contributed by atoms with Gasteiger partial charge in [0.05, 0.1) is 36.1 Å². The minimum Gasteiger partial charge on any atom is -0.455 e. The molecule has 0 aromatic carbocycles. The van der Waals surface area contributed by atoms with Crippen molar-refractivity contribution in [3.05, 3.63) is 0 Å². The van der Waals surface area contributed by atoms with Crippen LogP contribution >= 0.6 is 0 Å². The molecule has 4 nitrogen and oxygen atoms in total. The van der Waals surface area contributed by atoms with E-state index in [1.165, 1.54) is 95.2 Å². The van der Waals surface area contributed by atoms with Crippen LogP contribution < -0.4 is 0 Å². The monoisotopic (exact) mass is 478 g/mol. The fourth-order valence-electron chi connectivity index (χ4n) is 7.87. The molecule has 3 saturated heterocycles. The van der Waals surface area contributed by atoms with Gasteiger partial charge in [-0.2, -0.15) is 0 Å². The average molecular weight is 479 g/mol. The van der Waals surface area contributed by atoms with Gasteiger partial charge in [-0.25, -0.2) is 0 Å². The summed E-state index contributed by atoms with van der Waals surface area (Å²) in [5.41, 5.74) is 0.211. The van der Waals surface area contributed by atoms with E-state index in [2.05, 4.69) is 19.6 Å². The Bertz CT molecular complexity index is 703. The summed E-state index contributed by atoms with van der Waals surface area (Å²) in [5, 5.41) is 0. The Morgan fingerprint density at radius 3 is 2.06 bits per heavy atom. The Hall–Kier alpha value is 0.274. The Balaban J connectivity index is 1.07. The predicted molar refractivity (Wildman–Crippen MR) is 132 cm³/mol. The van der Waals surface area contributed by atoms with Gasteiger partial charge < -0.3 is 18.3 Å². The lowest BCUT2D eigenvalue weighted by atomic mass is 9.87. The van der Waals surface area contributed by atoms with Gasteiger partial charge in [0.2, 0.25) is 0 Å². The highest BCUT2D eigenvalue weighted by Gasteiger charge is 2.60. The second-order valence-corrected chi connectivity index (χ2v) is 21.9. The molecule has 6 rings (SSSR count). The highest BCUT2D eigenvalue weighted by molar-refractivity contribution is 6.85. The number of rotatable bonds is 10. The Labute approximate surface area is 197 Å². The fraction of sp³-hybridized carbons (Fsp3) is 1.00. The van der Waals surface area contributed by atoms with Gasteiger partial charge in [-0.05, 0) is 101 Å². The zero-order valence-corrected chi connectivity index (χ0v) is 22.8. The van der Waals surface area contributed by atoms with Gasteiger partial charge in [0, 0.05) is 0 Å². The molecule has 0 radical (unpaired) electrons. The Kier molecular flexibility index (Phi) is 5.99. The van der Waals surface area contributed by atoms with E-state index in [0.717, 1.165) is 11.8 Å². The van der Waals surface area contributed by atoms with Gasteiger partial charge in [0.25, 0.3) is 0 Å². The molecule has 0 aromatic rings. The molecule has 9 unspecified atom stereocenters. The molecule has 3 aliphatic heterocycles. The van der Waals surface area contributed by atoms with Crippen molar-refractivity contribution >= 4 is 16.6 Å². The molecule has 3 aliphatic carbocycles. The van der Waals surface area contributed by atoms with Crippen LogP contribution in [-0.4, -0.2) is 52.8 Å². The average Bonchev–Trinajstić information content (AvgIpc) is 3.64. The molecule has 32 heavy (non-hydrogen) atoms. The van der Waals surface area contributed by atoms with E-state index in [-0.39, 0.29) is 5.60 Å². The van der Waals surface area contributed by atoms with Crippen LogP contribution in [0.15, 0.2) is 0 Å². The molecule has 3 heterocycles. The first kappa shape index (κ1) is 22.7. The lowest BCUT2D eigenvalue weighted by Gasteiger charge is -2.40. The molecule has 6 heteroatoms. The number of ether oxygens (including phenoxy) is 3. The maximum Gasteiger partial charge on any atom is 0.179 e. The van der Waals surface area contributed by atoms with Crippen LogP contribution in [0.25, 0.3) is 0 Å². The zero-order chi connectivity index (χ0) is 22.0. The van der Waals surface area contributed by atoms with Crippen molar-refractivity contribution in [2.45, 2.75) is 151 Å². The van der Waals surface area contributed by atoms with Gasteiger partial charge in [-0.15, -0.1) is 0 Å². The second-order valence-electron chi connectivity index (χ2n) is 13.3. The first-order valence-electron chi connectivity index (χ1n) is 14.0. The molecule has 0 N–H and O–H groups in total. The van der Waals surface area contributed by atoms with Crippen molar-refractivity contribution in [3.63, 3.8) is 0 Å². The van der Waals surface area contributed by atoms with E-state index in [1.807, 2.05) is 0 Å². The lowest BCUT2D eigenvalue weighted by molar-refractivity contribution is 0.294. The minimum absolute atomic E-state index is 0.211. The molecule has 9 atom stereocenters. The maximum absolute atomic E-state index is 7.41. The smallest absolute Gasteiger partial charge is 0.179 e. The van der Waals surface area contributed by atoms with Gasteiger partial charge in [0.1, 0.15) is 0 Å². The van der Waals surface area contributed by atoms with E-state index in [1.54, 1.807) is 0 Å². The summed E-state index contributed by atoms with van der Waals surface area (Å²) >= 11 is 0. The number of hydrogen-bond acceptors (Lipinski definition) is 4. The lowest BCUT2D eigenvalue weighted by Crippen LogP contribution is -2.49. The highest BCUT2D eigenvalue weighted by Crippen LogP contribution is 2.54. The summed E-state index contributed by atoms with van der Waals surface area (Å²) in [6.07, 6.45) is 19.0. The van der Waals surface area contributed by atoms with Crippen molar-refractivity contribution in [3.8, 4) is 0 Å². The van der Waals surface area contributed by atoms with Crippen LogP contribution in [0.3, 0.4) is 0 Å². The summed E-state index contributed by atoms with van der Waals surface area (Å²) in [6.45, 7) is 7.63. The van der Waals surface area contributed by atoms with Crippen LogP contribution in [0.2, 0.25) is 37.8 Å². The molecular weight excluding hydrogens is 432 g/mol. The molecule has 0 spiro atoms. The number of hydrogen-bond donors (Lipinski definition) is 0. The molecular formula is C26H46O4Si2. The summed E-state index contributed by atoms with van der Waals surface area (Å²) in [6, 6.07) is 3.93. The van der Waals surface area contributed by atoms with Gasteiger partial charge in [-0.1, -0.05) is 25.7 Å². The normalized spacial score (nSPS) is 46.4. The summed E-state index contributed by atoms with van der Waals surface area (Å²) in [4.78, 5) is 0. The van der Waals surface area contributed by atoms with Crippen LogP contribution in [0.4, 0.5) is 0 Å². The summed E-state index contributed by atoms with van der Waals surface area (Å²) in [7, 11) is -3.50. The molecule has 0 amide bonds. The van der Waals surface area contributed by atoms with E-state index < -0.39 is 16.6 Å². The van der Waals surface area contributed by atoms with E-state index in [4.69, 9.17) is 18.3 Å². The first-order chi connectivity index (χ1) is 15.3. The Morgan fingerprint density at radius 1 is 0.781 bits per heavy atom. The molecule has 0 bridgehead atoms. The van der Waals surface area contributed by atoms with E-state index in [0.29, 0.717) is 30.5 Å². The van der Waals surface area contributed by atoms with Gasteiger partial charge in [-0.3, -0.25) is 0 Å². The van der Waals surface area contributed by atoms with Crippen molar-refractivity contribution < 1.29 is 18.3 Å². The molecule has 3 saturated carbocycles. The predicted octanol–water partition coefficient (Wildman–Crippen LogP) is 6.41. The summed E-state index contributed by atoms with van der Waals surface area (Å²) < 4.78 is 25.4. The number of fused-ring (bicyclic) bond motifs is 3. The molecule has 182 valence electrons. The van der Waals surface area contributed by atoms with Crippen LogP contribution in [0.5, 0.6) is 0 Å². The molecule has 0 aromatic heterocycles. The van der Waals surface area contributed by atoms with Crippen LogP contribution in [-0.2, 0) is 18.3 Å². The van der Waals surface area contributed by atoms with Crippen molar-refractivity contribution in [2.24, 2.45) is 11.8 Å². The fourth-order valence-corrected chi connectivity index (χ4v) is 18.4. The van der Waals surface area contributed by atoms with Crippen molar-refractivity contribution in [1.82, 2.24) is 0 Å². The third-order valence-electron chi connectivity index (χ3n) is 9.88. The SMILES string of the molecule is C[Si](C)(CCC1CCC2OC2C1)O[Si](C)(CCC1CCC2OC2C1)CC12CCCCC1O2. The standard InChI is InChI=1S/C26H46O4Si2/c1-31(2,14-11-19-7-9-21-23(16-19)27-21)30-32(3,18-26-13-5-4-6-25(26)29-26)15-12-20-8-10-22-24(17-20)28-22/h19-25H,4-18H2,1-3H3.